The number of nitrogens with zero attached hydrogens (tertiary/aromatic N) is 1. The van der Waals surface area contributed by atoms with Crippen molar-refractivity contribution in [2.45, 2.75) is 26.3 Å². The summed E-state index contributed by atoms with van der Waals surface area (Å²) >= 11 is 0. The molecule has 2 aromatic rings. The molecule has 0 unspecified atom stereocenters. The molecule has 0 aliphatic rings. The lowest BCUT2D eigenvalue weighted by atomic mass is 10.2. The van der Waals surface area contributed by atoms with E-state index in [0.717, 1.165) is 24.1 Å². The Morgan fingerprint density at radius 1 is 1.21 bits per heavy atom. The molecule has 100 valence electrons. The summed E-state index contributed by atoms with van der Waals surface area (Å²) < 4.78 is 14.6. The summed E-state index contributed by atoms with van der Waals surface area (Å²) in [5.41, 5.74) is 2.15. The number of aromatic nitrogens is 1. The Balaban J connectivity index is 2.33. The zero-order valence-corrected chi connectivity index (χ0v) is 10.8. The Bertz CT molecular complexity index is 572. The fraction of sp³-hybridized carbons (Fsp3) is 0.267. The van der Waals surface area contributed by atoms with Crippen LogP contribution in [-0.4, -0.2) is 15.6 Å². The maximum Gasteiger partial charge on any atom is 0.352 e. The molecule has 0 radical (unpaired) electrons. The van der Waals surface area contributed by atoms with E-state index in [9.17, 15) is 14.3 Å². The number of carbonyl (C=O) groups is 1. The van der Waals surface area contributed by atoms with Crippen LogP contribution in [0.15, 0.2) is 36.4 Å². The van der Waals surface area contributed by atoms with Gasteiger partial charge in [0.1, 0.15) is 11.5 Å². The third-order valence-corrected chi connectivity index (χ3v) is 3.05. The number of halogens is 1. The van der Waals surface area contributed by atoms with E-state index < -0.39 is 5.97 Å². The summed E-state index contributed by atoms with van der Waals surface area (Å²) in [6.45, 7) is 2.50. The van der Waals surface area contributed by atoms with Gasteiger partial charge in [0.15, 0.2) is 0 Å². The van der Waals surface area contributed by atoms with Crippen LogP contribution in [0.5, 0.6) is 0 Å². The Morgan fingerprint density at radius 3 is 2.47 bits per heavy atom. The van der Waals surface area contributed by atoms with Gasteiger partial charge in [-0.05, 0) is 36.2 Å². The van der Waals surface area contributed by atoms with Crippen LogP contribution in [0.2, 0.25) is 0 Å². The van der Waals surface area contributed by atoms with Crippen LogP contribution in [0.25, 0.3) is 0 Å². The van der Waals surface area contributed by atoms with Crippen molar-refractivity contribution in [3.05, 3.63) is 59.2 Å². The summed E-state index contributed by atoms with van der Waals surface area (Å²) in [6.07, 6.45) is 1.78. The number of hydrogen-bond donors (Lipinski definition) is 1. The molecule has 1 aromatic carbocycles. The summed E-state index contributed by atoms with van der Waals surface area (Å²) in [4.78, 5) is 11.2. The van der Waals surface area contributed by atoms with Crippen molar-refractivity contribution in [1.82, 2.24) is 4.57 Å². The molecule has 0 aliphatic heterocycles. The minimum Gasteiger partial charge on any atom is -0.477 e. The molecule has 0 saturated heterocycles. The van der Waals surface area contributed by atoms with E-state index >= 15 is 0 Å². The molecule has 0 saturated carbocycles. The molecule has 0 bridgehead atoms. The highest BCUT2D eigenvalue weighted by Gasteiger charge is 2.13. The van der Waals surface area contributed by atoms with Crippen molar-refractivity contribution in [2.24, 2.45) is 0 Å². The minimum atomic E-state index is -0.940. The molecular weight excluding hydrogens is 245 g/mol. The topological polar surface area (TPSA) is 42.2 Å². The largest absolute Gasteiger partial charge is 0.477 e. The van der Waals surface area contributed by atoms with Gasteiger partial charge in [-0.2, -0.15) is 0 Å². The standard InChI is InChI=1S/C15H16FNO2/c1-2-3-13-8-9-14(15(18)19)17(13)10-11-4-6-12(16)7-5-11/h4-9H,2-3,10H2,1H3,(H,18,19). The number of benzene rings is 1. The van der Waals surface area contributed by atoms with Crippen LogP contribution in [0, 0.1) is 5.82 Å². The molecule has 2 rings (SSSR count). The van der Waals surface area contributed by atoms with E-state index in [0.29, 0.717) is 6.54 Å². The number of aromatic carboxylic acids is 1. The second-order valence-electron chi connectivity index (χ2n) is 4.48. The number of hydrogen-bond acceptors (Lipinski definition) is 1. The Labute approximate surface area is 111 Å². The minimum absolute atomic E-state index is 0.271. The summed E-state index contributed by atoms with van der Waals surface area (Å²) in [6, 6.07) is 9.60. The normalized spacial score (nSPS) is 10.6. The third kappa shape index (κ3) is 3.02. The van der Waals surface area contributed by atoms with Gasteiger partial charge in [-0.1, -0.05) is 25.5 Å². The first-order valence-electron chi connectivity index (χ1n) is 6.28. The molecule has 0 atom stereocenters. The number of carboxylic acids is 1. The Hall–Kier alpha value is -2.10. The molecule has 1 aromatic heterocycles. The van der Waals surface area contributed by atoms with E-state index in [1.54, 1.807) is 22.8 Å². The van der Waals surface area contributed by atoms with Crippen LogP contribution < -0.4 is 0 Å². The highest BCUT2D eigenvalue weighted by Crippen LogP contribution is 2.15. The highest BCUT2D eigenvalue weighted by atomic mass is 19.1. The average molecular weight is 261 g/mol. The van der Waals surface area contributed by atoms with Gasteiger partial charge in [0.05, 0.1) is 0 Å². The summed E-state index contributed by atoms with van der Waals surface area (Å²) in [5, 5.41) is 9.19. The van der Waals surface area contributed by atoms with Gasteiger partial charge < -0.3 is 9.67 Å². The molecule has 0 fully saturated rings. The maximum atomic E-state index is 12.9. The van der Waals surface area contributed by atoms with E-state index in [4.69, 9.17) is 0 Å². The van der Waals surface area contributed by atoms with Crippen LogP contribution in [0.4, 0.5) is 4.39 Å². The molecule has 0 spiro atoms. The molecular formula is C15H16FNO2. The fourth-order valence-corrected chi connectivity index (χ4v) is 2.13. The van der Waals surface area contributed by atoms with Gasteiger partial charge in [0.2, 0.25) is 0 Å². The van der Waals surface area contributed by atoms with Crippen molar-refractivity contribution >= 4 is 5.97 Å². The fourth-order valence-electron chi connectivity index (χ4n) is 2.13. The molecule has 19 heavy (non-hydrogen) atoms. The second-order valence-corrected chi connectivity index (χ2v) is 4.48. The molecule has 1 N–H and O–H groups in total. The molecule has 0 aliphatic carbocycles. The number of rotatable bonds is 5. The predicted molar refractivity (Wildman–Crippen MR) is 70.9 cm³/mol. The Kier molecular flexibility index (Phi) is 4.00. The van der Waals surface area contributed by atoms with Crippen molar-refractivity contribution in [2.75, 3.05) is 0 Å². The third-order valence-electron chi connectivity index (χ3n) is 3.05. The number of aryl methyl sites for hydroxylation is 1. The van der Waals surface area contributed by atoms with Gasteiger partial charge in [0, 0.05) is 12.2 Å². The zero-order valence-electron chi connectivity index (χ0n) is 10.8. The predicted octanol–water partition coefficient (Wildman–Crippen LogP) is 3.33. The first-order valence-corrected chi connectivity index (χ1v) is 6.28. The van der Waals surface area contributed by atoms with Crippen molar-refractivity contribution in [3.63, 3.8) is 0 Å². The molecule has 1 heterocycles. The Morgan fingerprint density at radius 2 is 1.89 bits per heavy atom. The van der Waals surface area contributed by atoms with Crippen molar-refractivity contribution in [3.8, 4) is 0 Å². The first-order chi connectivity index (χ1) is 9.11. The summed E-state index contributed by atoms with van der Waals surface area (Å²) in [7, 11) is 0. The van der Waals surface area contributed by atoms with Crippen LogP contribution in [0.1, 0.15) is 35.1 Å². The lowest BCUT2D eigenvalue weighted by molar-refractivity contribution is 0.0685. The lowest BCUT2D eigenvalue weighted by Gasteiger charge is -2.11. The van der Waals surface area contributed by atoms with Gasteiger partial charge in [-0.25, -0.2) is 9.18 Å². The van der Waals surface area contributed by atoms with Crippen molar-refractivity contribution < 1.29 is 14.3 Å². The van der Waals surface area contributed by atoms with E-state index in [-0.39, 0.29) is 11.5 Å². The quantitative estimate of drug-likeness (QED) is 0.897. The monoisotopic (exact) mass is 261 g/mol. The smallest absolute Gasteiger partial charge is 0.352 e. The van der Waals surface area contributed by atoms with Crippen molar-refractivity contribution in [1.29, 1.82) is 0 Å². The van der Waals surface area contributed by atoms with Crippen LogP contribution in [0.3, 0.4) is 0 Å². The second kappa shape index (κ2) is 5.69. The number of carboxylic acid groups (broad SMARTS) is 1. The van der Waals surface area contributed by atoms with Gasteiger partial charge in [0.25, 0.3) is 0 Å². The maximum absolute atomic E-state index is 12.9. The van der Waals surface area contributed by atoms with Gasteiger partial charge in [-0.3, -0.25) is 0 Å². The van der Waals surface area contributed by atoms with E-state index in [1.165, 1.54) is 12.1 Å². The zero-order chi connectivity index (χ0) is 13.8. The van der Waals surface area contributed by atoms with E-state index in [2.05, 4.69) is 6.92 Å². The van der Waals surface area contributed by atoms with Crippen LogP contribution in [-0.2, 0) is 13.0 Å². The summed E-state index contributed by atoms with van der Waals surface area (Å²) in [5.74, 6) is -1.23. The lowest BCUT2D eigenvalue weighted by Crippen LogP contribution is -2.12. The average Bonchev–Trinajstić information content (AvgIpc) is 2.76. The van der Waals surface area contributed by atoms with E-state index in [1.807, 2.05) is 6.07 Å². The molecule has 4 heteroatoms. The van der Waals surface area contributed by atoms with Crippen LogP contribution >= 0.6 is 0 Å². The highest BCUT2D eigenvalue weighted by molar-refractivity contribution is 5.86. The first kappa shape index (κ1) is 13.3. The van der Waals surface area contributed by atoms with Gasteiger partial charge in [-0.15, -0.1) is 0 Å². The molecule has 0 amide bonds. The molecule has 3 nitrogen and oxygen atoms in total. The SMILES string of the molecule is CCCc1ccc(C(=O)O)n1Cc1ccc(F)cc1. The van der Waals surface area contributed by atoms with Gasteiger partial charge >= 0.3 is 5.97 Å².